The van der Waals surface area contributed by atoms with Crippen molar-refractivity contribution in [3.63, 3.8) is 0 Å². The van der Waals surface area contributed by atoms with Gasteiger partial charge in [-0.05, 0) is 43.7 Å². The normalized spacial score (nSPS) is 21.4. The summed E-state index contributed by atoms with van der Waals surface area (Å²) in [7, 11) is 1.69. The Morgan fingerprint density at radius 1 is 1.17 bits per heavy atom. The third-order valence-electron chi connectivity index (χ3n) is 5.70. The molecule has 0 saturated carbocycles. The van der Waals surface area contributed by atoms with E-state index in [1.165, 1.54) is 9.80 Å². The van der Waals surface area contributed by atoms with E-state index in [1.54, 1.807) is 30.3 Å². The number of nitrogens with zero attached hydrogens (tertiary/aromatic N) is 4. The van der Waals surface area contributed by atoms with E-state index in [0.717, 1.165) is 12.1 Å². The number of anilines is 1. The van der Waals surface area contributed by atoms with Crippen molar-refractivity contribution in [2.24, 2.45) is 0 Å². The molecular weight excluding hydrogens is 382 g/mol. The van der Waals surface area contributed by atoms with Crippen LogP contribution in [0.25, 0.3) is 0 Å². The van der Waals surface area contributed by atoms with Gasteiger partial charge >= 0.3 is 6.03 Å². The van der Waals surface area contributed by atoms with Gasteiger partial charge < -0.3 is 15.1 Å². The summed E-state index contributed by atoms with van der Waals surface area (Å²) in [6.07, 6.45) is 3.17. The van der Waals surface area contributed by atoms with E-state index < -0.39 is 12.1 Å². The van der Waals surface area contributed by atoms with Crippen molar-refractivity contribution < 1.29 is 14.4 Å². The number of rotatable bonds is 5. The molecule has 2 fully saturated rings. The highest BCUT2D eigenvalue weighted by atomic mass is 16.2. The summed E-state index contributed by atoms with van der Waals surface area (Å²) >= 11 is 0. The molecule has 8 nitrogen and oxygen atoms in total. The van der Waals surface area contributed by atoms with Gasteiger partial charge in [-0.15, -0.1) is 0 Å². The highest BCUT2D eigenvalue weighted by Crippen LogP contribution is 2.26. The number of carbonyl (C=O) groups is 3. The molecule has 1 aromatic carbocycles. The molecule has 2 aliphatic heterocycles. The standard InChI is InChI=1S/C22H25N5O3/c1-25(17-9-3-2-4-10-17)19(28)15-26-18-11-7-13-24-20(18)21(29)27(22(26)30)14-16-8-5-6-12-23-16/h2-6,8-10,12,18,20,24H,7,11,13-15H2,1H3. The summed E-state index contributed by atoms with van der Waals surface area (Å²) in [5.74, 6) is -0.457. The molecule has 30 heavy (non-hydrogen) atoms. The van der Waals surface area contributed by atoms with Gasteiger partial charge in [0.15, 0.2) is 0 Å². The fraction of sp³-hybridized carbons (Fsp3) is 0.364. The average Bonchev–Trinajstić information content (AvgIpc) is 2.80. The predicted molar refractivity (Wildman–Crippen MR) is 112 cm³/mol. The summed E-state index contributed by atoms with van der Waals surface area (Å²) in [5, 5.41) is 3.24. The molecule has 0 spiro atoms. The molecule has 2 aromatic rings. The molecule has 0 radical (unpaired) electrons. The number of piperidine rings is 1. The molecule has 1 aromatic heterocycles. The minimum Gasteiger partial charge on any atom is -0.314 e. The van der Waals surface area contributed by atoms with Crippen LogP contribution in [0, 0.1) is 0 Å². The Morgan fingerprint density at radius 3 is 2.67 bits per heavy atom. The highest BCUT2D eigenvalue weighted by Gasteiger charge is 2.47. The van der Waals surface area contributed by atoms with Crippen molar-refractivity contribution in [3.05, 3.63) is 60.4 Å². The fourth-order valence-electron chi connectivity index (χ4n) is 4.05. The van der Waals surface area contributed by atoms with Crippen molar-refractivity contribution in [2.45, 2.75) is 31.5 Å². The first-order chi connectivity index (χ1) is 14.6. The zero-order valence-electron chi connectivity index (χ0n) is 16.9. The minimum absolute atomic E-state index is 0.0843. The van der Waals surface area contributed by atoms with Gasteiger partial charge in [-0.1, -0.05) is 24.3 Å². The summed E-state index contributed by atoms with van der Waals surface area (Å²) in [6, 6.07) is 13.4. The van der Waals surface area contributed by atoms with Crippen LogP contribution in [0.15, 0.2) is 54.7 Å². The second kappa shape index (κ2) is 8.62. The smallest absolute Gasteiger partial charge is 0.314 e. The van der Waals surface area contributed by atoms with Crippen LogP contribution >= 0.6 is 0 Å². The van der Waals surface area contributed by atoms with Crippen LogP contribution in [0.2, 0.25) is 0 Å². The maximum Gasteiger partial charge on any atom is 0.327 e. The molecule has 2 aliphatic rings. The second-order valence-corrected chi connectivity index (χ2v) is 7.59. The number of hydrogen-bond acceptors (Lipinski definition) is 5. The van der Waals surface area contributed by atoms with Crippen LogP contribution in [0.1, 0.15) is 18.5 Å². The van der Waals surface area contributed by atoms with Gasteiger partial charge in [0.05, 0.1) is 18.3 Å². The van der Waals surface area contributed by atoms with E-state index in [4.69, 9.17) is 0 Å². The third-order valence-corrected chi connectivity index (χ3v) is 5.70. The first kappa shape index (κ1) is 20.0. The van der Waals surface area contributed by atoms with Crippen LogP contribution in [-0.2, 0) is 16.1 Å². The molecular formula is C22H25N5O3. The number of urea groups is 1. The number of benzene rings is 1. The number of carbonyl (C=O) groups excluding carboxylic acids is 3. The molecule has 0 aliphatic carbocycles. The summed E-state index contributed by atoms with van der Waals surface area (Å²) in [6.45, 7) is 0.714. The van der Waals surface area contributed by atoms with Crippen LogP contribution in [-0.4, -0.2) is 64.9 Å². The van der Waals surface area contributed by atoms with E-state index in [-0.39, 0.29) is 30.9 Å². The lowest BCUT2D eigenvalue weighted by Crippen LogP contribution is -2.70. The van der Waals surface area contributed by atoms with Crippen LogP contribution in [0.3, 0.4) is 0 Å². The van der Waals surface area contributed by atoms with Gasteiger partial charge in [-0.2, -0.15) is 0 Å². The number of likely N-dealkylation sites (N-methyl/N-ethyl adjacent to an activating group) is 1. The van der Waals surface area contributed by atoms with Crippen molar-refractivity contribution in [3.8, 4) is 0 Å². The fourth-order valence-corrected chi connectivity index (χ4v) is 4.05. The van der Waals surface area contributed by atoms with Crippen molar-refractivity contribution in [1.82, 2.24) is 20.1 Å². The Hall–Kier alpha value is -3.26. The van der Waals surface area contributed by atoms with Gasteiger partial charge in [0, 0.05) is 18.9 Å². The van der Waals surface area contributed by atoms with Gasteiger partial charge in [-0.3, -0.25) is 19.5 Å². The molecule has 3 heterocycles. The van der Waals surface area contributed by atoms with E-state index in [9.17, 15) is 14.4 Å². The van der Waals surface area contributed by atoms with Crippen molar-refractivity contribution in [1.29, 1.82) is 0 Å². The zero-order chi connectivity index (χ0) is 21.1. The maximum absolute atomic E-state index is 13.3. The molecule has 2 unspecified atom stereocenters. The van der Waals surface area contributed by atoms with Crippen LogP contribution in [0.5, 0.6) is 0 Å². The number of nitrogens with one attached hydrogen (secondary N) is 1. The maximum atomic E-state index is 13.3. The van der Waals surface area contributed by atoms with E-state index >= 15 is 0 Å². The molecule has 8 heteroatoms. The summed E-state index contributed by atoms with van der Waals surface area (Å²) in [4.78, 5) is 47.9. The van der Waals surface area contributed by atoms with Crippen molar-refractivity contribution >= 4 is 23.5 Å². The largest absolute Gasteiger partial charge is 0.327 e. The molecule has 2 atom stereocenters. The quantitative estimate of drug-likeness (QED) is 0.814. The van der Waals surface area contributed by atoms with Gasteiger partial charge in [0.25, 0.3) is 0 Å². The molecule has 4 amide bonds. The predicted octanol–water partition coefficient (Wildman–Crippen LogP) is 1.63. The first-order valence-electron chi connectivity index (χ1n) is 10.1. The molecule has 4 rings (SSSR count). The molecule has 156 valence electrons. The van der Waals surface area contributed by atoms with Crippen LogP contribution in [0.4, 0.5) is 10.5 Å². The topological polar surface area (TPSA) is 85.9 Å². The molecule has 2 saturated heterocycles. The number of para-hydroxylation sites is 1. The van der Waals surface area contributed by atoms with E-state index in [2.05, 4.69) is 10.3 Å². The zero-order valence-corrected chi connectivity index (χ0v) is 16.9. The Morgan fingerprint density at radius 2 is 1.93 bits per heavy atom. The lowest BCUT2D eigenvalue weighted by atomic mass is 9.93. The monoisotopic (exact) mass is 407 g/mol. The number of amides is 4. The Labute approximate surface area is 175 Å². The molecule has 0 bridgehead atoms. The third kappa shape index (κ3) is 3.91. The van der Waals surface area contributed by atoms with Crippen molar-refractivity contribution in [2.75, 3.05) is 25.0 Å². The first-order valence-corrected chi connectivity index (χ1v) is 10.1. The van der Waals surface area contributed by atoms with E-state index in [1.807, 2.05) is 36.4 Å². The number of aromatic nitrogens is 1. The number of imide groups is 1. The number of pyridine rings is 1. The van der Waals surface area contributed by atoms with Gasteiger partial charge in [-0.25, -0.2) is 4.79 Å². The summed E-state index contributed by atoms with van der Waals surface area (Å²) in [5.41, 5.74) is 1.38. The minimum atomic E-state index is -0.505. The Bertz CT molecular complexity index is 921. The SMILES string of the molecule is CN(C(=O)CN1C(=O)N(Cc2ccccn2)C(=O)C2NCCCC21)c1ccccc1. The lowest BCUT2D eigenvalue weighted by Gasteiger charge is -2.46. The summed E-state index contributed by atoms with van der Waals surface area (Å²) < 4.78 is 0. The van der Waals surface area contributed by atoms with Gasteiger partial charge in [0.2, 0.25) is 11.8 Å². The Balaban J connectivity index is 1.57. The lowest BCUT2D eigenvalue weighted by molar-refractivity contribution is -0.138. The van der Waals surface area contributed by atoms with E-state index in [0.29, 0.717) is 18.7 Å². The van der Waals surface area contributed by atoms with Crippen LogP contribution < -0.4 is 10.2 Å². The number of hydrogen-bond donors (Lipinski definition) is 1. The number of fused-ring (bicyclic) bond motifs is 1. The average molecular weight is 407 g/mol. The second-order valence-electron chi connectivity index (χ2n) is 7.59. The Kier molecular flexibility index (Phi) is 5.76. The highest BCUT2D eigenvalue weighted by molar-refractivity contribution is 6.03. The molecule has 1 N–H and O–H groups in total. The van der Waals surface area contributed by atoms with Gasteiger partial charge in [0.1, 0.15) is 12.6 Å².